The van der Waals surface area contributed by atoms with E-state index in [4.69, 9.17) is 19.3 Å². The first kappa shape index (κ1) is 23.3. The molecule has 0 unspecified atom stereocenters. The highest BCUT2D eigenvalue weighted by atomic mass is 16.6. The Morgan fingerprint density at radius 1 is 1.14 bits per heavy atom. The van der Waals surface area contributed by atoms with Gasteiger partial charge in [-0.15, -0.1) is 0 Å². The third kappa shape index (κ3) is 5.36. The maximum absolute atomic E-state index is 12.6. The quantitative estimate of drug-likeness (QED) is 0.471. The first-order valence-corrected chi connectivity index (χ1v) is 9.59. The molecule has 0 aliphatic carbocycles. The smallest absolute Gasteiger partial charge is 0.339 e. The highest BCUT2D eigenvalue weighted by molar-refractivity contribution is 5.90. The van der Waals surface area contributed by atoms with E-state index in [2.05, 4.69) is 0 Å². The van der Waals surface area contributed by atoms with Crippen molar-refractivity contribution in [3.63, 3.8) is 0 Å². The first-order chi connectivity index (χ1) is 13.5. The van der Waals surface area contributed by atoms with Gasteiger partial charge in [0.25, 0.3) is 5.56 Å². The lowest BCUT2D eigenvalue weighted by Gasteiger charge is -2.29. The number of nitrogens with zero attached hydrogens (tertiary/aromatic N) is 1. The van der Waals surface area contributed by atoms with Crippen molar-refractivity contribution in [2.24, 2.45) is 0 Å². The van der Waals surface area contributed by atoms with Crippen LogP contribution in [-0.4, -0.2) is 70.1 Å². The molecule has 2 heterocycles. The van der Waals surface area contributed by atoms with E-state index in [9.17, 15) is 19.8 Å². The molecule has 0 radical (unpaired) electrons. The summed E-state index contributed by atoms with van der Waals surface area (Å²) in [6, 6.07) is 2.48. The molecule has 1 aliphatic rings. The maximum atomic E-state index is 12.6. The molecule has 0 bridgehead atoms. The lowest BCUT2D eigenvalue weighted by atomic mass is 10.0. The summed E-state index contributed by atoms with van der Waals surface area (Å²) in [5.74, 6) is -0.585. The van der Waals surface area contributed by atoms with Gasteiger partial charge in [0.1, 0.15) is 17.7 Å². The zero-order chi connectivity index (χ0) is 21.9. The summed E-state index contributed by atoms with van der Waals surface area (Å²) >= 11 is 0. The Balaban J connectivity index is 2.08. The van der Waals surface area contributed by atoms with E-state index in [1.807, 2.05) is 13.8 Å². The van der Waals surface area contributed by atoms with Crippen molar-refractivity contribution in [1.29, 1.82) is 0 Å². The summed E-state index contributed by atoms with van der Waals surface area (Å²) in [5.41, 5.74) is -3.10. The Morgan fingerprint density at radius 2 is 1.79 bits per heavy atom. The van der Waals surface area contributed by atoms with Gasteiger partial charge in [0.15, 0.2) is 5.88 Å². The highest BCUT2D eigenvalue weighted by Crippen LogP contribution is 2.30. The van der Waals surface area contributed by atoms with Crippen molar-refractivity contribution in [3.05, 3.63) is 28.0 Å². The Bertz CT molecular complexity index is 779. The molecular weight excluding hydrogens is 382 g/mol. The van der Waals surface area contributed by atoms with Crippen LogP contribution in [-0.2, 0) is 15.0 Å². The molecule has 0 saturated carbocycles. The van der Waals surface area contributed by atoms with E-state index in [1.165, 1.54) is 6.07 Å². The van der Waals surface area contributed by atoms with E-state index in [-0.39, 0.29) is 24.7 Å². The predicted molar refractivity (Wildman–Crippen MR) is 104 cm³/mol. The van der Waals surface area contributed by atoms with Gasteiger partial charge in [-0.25, -0.2) is 4.79 Å². The number of carbonyl (C=O) groups is 1. The van der Waals surface area contributed by atoms with Gasteiger partial charge >= 0.3 is 5.97 Å². The van der Waals surface area contributed by atoms with Crippen molar-refractivity contribution in [1.82, 2.24) is 4.57 Å². The molecule has 1 aliphatic heterocycles. The minimum Gasteiger partial charge on any atom is -0.476 e. The van der Waals surface area contributed by atoms with Gasteiger partial charge in [0.2, 0.25) is 0 Å². The minimum absolute atomic E-state index is 0.0230. The van der Waals surface area contributed by atoms with Crippen LogP contribution in [0, 0.1) is 0 Å². The van der Waals surface area contributed by atoms with Gasteiger partial charge in [-0.3, -0.25) is 9.36 Å². The molecule has 0 spiro atoms. The number of esters is 1. The fraction of sp³-hybridized carbons (Fsp3) is 0.700. The Kier molecular flexibility index (Phi) is 7.10. The molecule has 0 amide bonds. The van der Waals surface area contributed by atoms with E-state index < -0.39 is 41.5 Å². The average Bonchev–Trinajstić information content (AvgIpc) is 3.00. The molecule has 0 fully saturated rings. The predicted octanol–water partition coefficient (Wildman–Crippen LogP) is 0.424. The standard InChI is InChI=1S/C20H31NO8/c1-18(2,5-7-22)28-8-6-19(3,4)29-17(26)14-9-15(25)21-16(10-14)27-13-20(21,11-23)12-24/h9-10,22-24H,5-8,11-13H2,1-4H3. The number of hydrogen-bond acceptors (Lipinski definition) is 8. The molecule has 0 aromatic carbocycles. The molecule has 1 aromatic heterocycles. The van der Waals surface area contributed by atoms with Crippen molar-refractivity contribution in [2.45, 2.75) is 57.3 Å². The lowest BCUT2D eigenvalue weighted by molar-refractivity contribution is -0.0625. The zero-order valence-electron chi connectivity index (χ0n) is 17.4. The van der Waals surface area contributed by atoms with Crippen LogP contribution < -0.4 is 10.3 Å². The highest BCUT2D eigenvalue weighted by Gasteiger charge is 2.41. The van der Waals surface area contributed by atoms with Crippen LogP contribution in [0.3, 0.4) is 0 Å². The molecular formula is C20H31NO8. The van der Waals surface area contributed by atoms with Gasteiger partial charge in [0, 0.05) is 25.2 Å². The Hall–Kier alpha value is -1.94. The van der Waals surface area contributed by atoms with Gasteiger partial charge in [-0.05, 0) is 34.1 Å². The number of aliphatic hydroxyl groups excluding tert-OH is 3. The zero-order valence-corrected chi connectivity index (χ0v) is 17.4. The van der Waals surface area contributed by atoms with Crippen LogP contribution in [0.5, 0.6) is 5.88 Å². The molecule has 0 saturated heterocycles. The van der Waals surface area contributed by atoms with Crippen LogP contribution in [0.4, 0.5) is 0 Å². The number of pyridine rings is 1. The molecule has 3 N–H and O–H groups in total. The monoisotopic (exact) mass is 413 g/mol. The fourth-order valence-electron chi connectivity index (χ4n) is 3.07. The number of fused-ring (bicyclic) bond motifs is 1. The fourth-order valence-corrected chi connectivity index (χ4v) is 3.07. The number of carbonyl (C=O) groups excluding carboxylic acids is 1. The van der Waals surface area contributed by atoms with Crippen LogP contribution in [0.1, 0.15) is 50.9 Å². The Morgan fingerprint density at radius 3 is 2.38 bits per heavy atom. The topological polar surface area (TPSA) is 127 Å². The first-order valence-electron chi connectivity index (χ1n) is 9.59. The van der Waals surface area contributed by atoms with Crippen LogP contribution in [0.2, 0.25) is 0 Å². The van der Waals surface area contributed by atoms with Gasteiger partial charge in [-0.2, -0.15) is 0 Å². The second-order valence-electron chi connectivity index (χ2n) is 8.57. The van der Waals surface area contributed by atoms with Crippen molar-refractivity contribution in [2.75, 3.05) is 33.0 Å². The lowest BCUT2D eigenvalue weighted by Crippen LogP contribution is -2.46. The van der Waals surface area contributed by atoms with Gasteiger partial charge < -0.3 is 29.5 Å². The summed E-state index contributed by atoms with van der Waals surface area (Å²) in [4.78, 5) is 25.1. The van der Waals surface area contributed by atoms with E-state index in [0.29, 0.717) is 19.4 Å². The summed E-state index contributed by atoms with van der Waals surface area (Å²) in [5, 5.41) is 28.2. The number of rotatable bonds is 10. The van der Waals surface area contributed by atoms with E-state index in [0.717, 1.165) is 10.6 Å². The normalized spacial score (nSPS) is 15.7. The molecule has 2 rings (SSSR count). The van der Waals surface area contributed by atoms with Crippen molar-refractivity contribution < 1.29 is 34.3 Å². The summed E-state index contributed by atoms with van der Waals surface area (Å²) < 4.78 is 17.9. The maximum Gasteiger partial charge on any atom is 0.339 e. The van der Waals surface area contributed by atoms with Gasteiger partial charge in [-0.1, -0.05) is 0 Å². The molecule has 9 nitrogen and oxygen atoms in total. The molecule has 9 heteroatoms. The van der Waals surface area contributed by atoms with Gasteiger partial charge in [0.05, 0.1) is 31.0 Å². The molecule has 164 valence electrons. The third-order valence-corrected chi connectivity index (χ3v) is 5.07. The van der Waals surface area contributed by atoms with Crippen molar-refractivity contribution >= 4 is 5.97 Å². The number of aromatic nitrogens is 1. The van der Waals surface area contributed by atoms with Crippen molar-refractivity contribution in [3.8, 4) is 5.88 Å². The molecule has 1 aromatic rings. The van der Waals surface area contributed by atoms with Crippen LogP contribution >= 0.6 is 0 Å². The summed E-state index contributed by atoms with van der Waals surface area (Å²) in [7, 11) is 0. The molecule has 29 heavy (non-hydrogen) atoms. The SMILES string of the molecule is CC(C)(CCO)OCCC(C)(C)OC(=O)c1cc2n(c(=O)c1)C(CO)(CO)CO2. The summed E-state index contributed by atoms with van der Waals surface area (Å²) in [6.07, 6.45) is 0.918. The largest absolute Gasteiger partial charge is 0.476 e. The Labute approximate surface area is 169 Å². The summed E-state index contributed by atoms with van der Waals surface area (Å²) in [6.45, 7) is 6.57. The second kappa shape index (κ2) is 8.83. The minimum atomic E-state index is -1.24. The molecule has 0 atom stereocenters. The van der Waals surface area contributed by atoms with E-state index >= 15 is 0 Å². The van der Waals surface area contributed by atoms with E-state index in [1.54, 1.807) is 13.8 Å². The number of ether oxygens (including phenoxy) is 3. The second-order valence-corrected chi connectivity index (χ2v) is 8.57. The van der Waals surface area contributed by atoms with Crippen LogP contribution in [0.25, 0.3) is 0 Å². The number of hydrogen-bond donors (Lipinski definition) is 3. The third-order valence-electron chi connectivity index (χ3n) is 5.07. The number of aliphatic hydroxyl groups is 3. The average molecular weight is 413 g/mol. The van der Waals surface area contributed by atoms with Crippen LogP contribution in [0.15, 0.2) is 16.9 Å².